The van der Waals surface area contributed by atoms with Gasteiger partial charge in [-0.2, -0.15) is 0 Å². The average Bonchev–Trinajstić information content (AvgIpc) is 3.19. The quantitative estimate of drug-likeness (QED) is 0.411. The van der Waals surface area contributed by atoms with Crippen LogP contribution >= 0.6 is 0 Å². The molecule has 0 aliphatic rings. The summed E-state index contributed by atoms with van der Waals surface area (Å²) in [6, 6.07) is 15.5. The Balaban J connectivity index is 1.75. The summed E-state index contributed by atoms with van der Waals surface area (Å²) in [5.74, 6) is 1.19. The third-order valence-corrected chi connectivity index (χ3v) is 5.78. The first-order chi connectivity index (χ1) is 15.9. The van der Waals surface area contributed by atoms with E-state index in [9.17, 15) is 9.59 Å². The van der Waals surface area contributed by atoms with E-state index in [1.54, 1.807) is 10.8 Å². The van der Waals surface area contributed by atoms with E-state index in [0.29, 0.717) is 36.7 Å². The summed E-state index contributed by atoms with van der Waals surface area (Å²) >= 11 is 0. The number of pyridine rings is 1. The zero-order valence-corrected chi connectivity index (χ0v) is 19.3. The van der Waals surface area contributed by atoms with Crippen molar-refractivity contribution in [2.24, 2.45) is 5.92 Å². The number of H-pyrrole nitrogens is 1. The van der Waals surface area contributed by atoms with Crippen LogP contribution in [0.25, 0.3) is 11.2 Å². The van der Waals surface area contributed by atoms with Crippen LogP contribution in [0.5, 0.6) is 0 Å². The van der Waals surface area contributed by atoms with E-state index in [4.69, 9.17) is 4.98 Å². The van der Waals surface area contributed by atoms with E-state index in [2.05, 4.69) is 29.1 Å². The van der Waals surface area contributed by atoms with Gasteiger partial charge < -0.3 is 9.88 Å². The largest absolute Gasteiger partial charge is 0.330 e. The Morgan fingerprint density at radius 2 is 1.76 bits per heavy atom. The molecule has 3 heterocycles. The number of benzene rings is 1. The smallest absolute Gasteiger partial charge is 0.321 e. The second kappa shape index (κ2) is 9.95. The van der Waals surface area contributed by atoms with Crippen molar-refractivity contribution in [2.45, 2.75) is 52.9 Å². The minimum atomic E-state index is -0.453. The van der Waals surface area contributed by atoms with Crippen LogP contribution in [0.2, 0.25) is 0 Å². The van der Waals surface area contributed by atoms with E-state index in [1.165, 1.54) is 0 Å². The molecule has 8 nitrogen and oxygen atoms in total. The lowest BCUT2D eigenvalue weighted by Crippen LogP contribution is -2.31. The van der Waals surface area contributed by atoms with Gasteiger partial charge in [-0.25, -0.2) is 9.78 Å². The first-order valence-corrected chi connectivity index (χ1v) is 11.3. The van der Waals surface area contributed by atoms with Gasteiger partial charge in [0.1, 0.15) is 5.82 Å². The molecule has 1 aromatic carbocycles. The van der Waals surface area contributed by atoms with Gasteiger partial charge in [0.25, 0.3) is 5.56 Å². The predicted molar refractivity (Wildman–Crippen MR) is 129 cm³/mol. The van der Waals surface area contributed by atoms with Crippen LogP contribution in [0.3, 0.4) is 0 Å². The van der Waals surface area contributed by atoms with Gasteiger partial charge in [-0.05, 0) is 37.0 Å². The number of hydrogen-bond acceptors (Lipinski definition) is 5. The van der Waals surface area contributed by atoms with E-state index < -0.39 is 11.2 Å². The Bertz CT molecular complexity index is 1320. The van der Waals surface area contributed by atoms with Crippen LogP contribution in [0.1, 0.15) is 50.3 Å². The SMILES string of the molecule is CC(C)CCn1c(CNC(C)c2ccccn2)nc2c1c(=O)[nH]c(=O)n2Cc1ccccc1. The molecule has 0 bridgehead atoms. The maximum Gasteiger partial charge on any atom is 0.330 e. The van der Waals surface area contributed by atoms with Crippen molar-refractivity contribution in [3.05, 3.63) is 92.6 Å². The average molecular weight is 447 g/mol. The number of aromatic nitrogens is 5. The van der Waals surface area contributed by atoms with Gasteiger partial charge in [-0.1, -0.05) is 50.2 Å². The molecule has 1 unspecified atom stereocenters. The van der Waals surface area contributed by atoms with Gasteiger partial charge in [0.2, 0.25) is 0 Å². The fourth-order valence-electron chi connectivity index (χ4n) is 3.87. The summed E-state index contributed by atoms with van der Waals surface area (Å²) in [5.41, 5.74) is 1.90. The monoisotopic (exact) mass is 446 g/mol. The molecule has 0 saturated heterocycles. The van der Waals surface area contributed by atoms with Crippen molar-refractivity contribution in [3.8, 4) is 0 Å². The Kier molecular flexibility index (Phi) is 6.84. The molecule has 172 valence electrons. The van der Waals surface area contributed by atoms with Crippen molar-refractivity contribution in [2.75, 3.05) is 0 Å². The molecule has 4 rings (SSSR count). The van der Waals surface area contributed by atoms with Crippen molar-refractivity contribution in [1.29, 1.82) is 0 Å². The molecule has 0 aliphatic carbocycles. The normalized spacial score (nSPS) is 12.5. The van der Waals surface area contributed by atoms with Gasteiger partial charge in [-0.15, -0.1) is 0 Å². The number of nitrogens with one attached hydrogen (secondary N) is 2. The highest BCUT2D eigenvalue weighted by Gasteiger charge is 2.19. The number of aromatic amines is 1. The molecule has 8 heteroatoms. The van der Waals surface area contributed by atoms with Crippen LogP contribution in [0, 0.1) is 5.92 Å². The summed E-state index contributed by atoms with van der Waals surface area (Å²) in [6.07, 6.45) is 2.67. The standard InChI is InChI=1S/C25H30N6O2/c1-17(2)12-14-30-21(15-27-18(3)20-11-7-8-13-26-20)28-23-22(30)24(32)29-25(33)31(23)16-19-9-5-4-6-10-19/h4-11,13,17-18,27H,12,14-16H2,1-3H3,(H,29,32,33). The lowest BCUT2D eigenvalue weighted by Gasteiger charge is -2.15. The summed E-state index contributed by atoms with van der Waals surface area (Å²) in [5, 5.41) is 3.46. The van der Waals surface area contributed by atoms with Crippen molar-refractivity contribution in [1.82, 2.24) is 29.4 Å². The summed E-state index contributed by atoms with van der Waals surface area (Å²) in [4.78, 5) is 37.3. The lowest BCUT2D eigenvalue weighted by molar-refractivity contribution is 0.489. The highest BCUT2D eigenvalue weighted by molar-refractivity contribution is 5.71. The molecule has 0 aliphatic heterocycles. The van der Waals surface area contributed by atoms with Crippen molar-refractivity contribution in [3.63, 3.8) is 0 Å². The molecule has 0 spiro atoms. The molecule has 2 N–H and O–H groups in total. The predicted octanol–water partition coefficient (Wildman–Crippen LogP) is 3.23. The van der Waals surface area contributed by atoms with Gasteiger partial charge in [0.15, 0.2) is 11.2 Å². The molecule has 0 radical (unpaired) electrons. The summed E-state index contributed by atoms with van der Waals surface area (Å²) < 4.78 is 3.50. The van der Waals surface area contributed by atoms with Gasteiger partial charge in [0, 0.05) is 18.8 Å². The first kappa shape index (κ1) is 22.7. The van der Waals surface area contributed by atoms with Crippen LogP contribution in [-0.4, -0.2) is 24.1 Å². The molecule has 0 saturated carbocycles. The zero-order chi connectivity index (χ0) is 23.4. The minimum Gasteiger partial charge on any atom is -0.321 e. The highest BCUT2D eigenvalue weighted by atomic mass is 16.2. The first-order valence-electron chi connectivity index (χ1n) is 11.3. The second-order valence-corrected chi connectivity index (χ2v) is 8.72. The Labute approximate surface area is 192 Å². The molecule has 1 atom stereocenters. The number of aryl methyl sites for hydroxylation is 1. The number of nitrogens with zero attached hydrogens (tertiary/aromatic N) is 4. The molecule has 3 aromatic heterocycles. The van der Waals surface area contributed by atoms with Gasteiger partial charge in [-0.3, -0.25) is 19.3 Å². The molecule has 4 aromatic rings. The Morgan fingerprint density at radius 3 is 2.45 bits per heavy atom. The Morgan fingerprint density at radius 1 is 1.00 bits per heavy atom. The number of fused-ring (bicyclic) bond motifs is 1. The highest BCUT2D eigenvalue weighted by Crippen LogP contribution is 2.17. The van der Waals surface area contributed by atoms with Crippen LogP contribution in [-0.2, 0) is 19.6 Å². The van der Waals surface area contributed by atoms with Gasteiger partial charge >= 0.3 is 5.69 Å². The topological polar surface area (TPSA) is 97.6 Å². The summed E-state index contributed by atoms with van der Waals surface area (Å²) in [7, 11) is 0. The molecule has 0 amide bonds. The third-order valence-electron chi connectivity index (χ3n) is 5.78. The van der Waals surface area contributed by atoms with E-state index >= 15 is 0 Å². The lowest BCUT2D eigenvalue weighted by atomic mass is 10.1. The maximum absolute atomic E-state index is 12.9. The maximum atomic E-state index is 12.9. The van der Waals surface area contributed by atoms with E-state index in [-0.39, 0.29) is 6.04 Å². The van der Waals surface area contributed by atoms with Crippen LogP contribution < -0.4 is 16.6 Å². The van der Waals surface area contributed by atoms with Crippen LogP contribution in [0.4, 0.5) is 0 Å². The van der Waals surface area contributed by atoms with Crippen LogP contribution in [0.15, 0.2) is 64.3 Å². The third kappa shape index (κ3) is 5.12. The van der Waals surface area contributed by atoms with Crippen molar-refractivity contribution >= 4 is 11.2 Å². The van der Waals surface area contributed by atoms with E-state index in [1.807, 2.05) is 60.0 Å². The van der Waals surface area contributed by atoms with E-state index in [0.717, 1.165) is 23.5 Å². The second-order valence-electron chi connectivity index (χ2n) is 8.72. The zero-order valence-electron chi connectivity index (χ0n) is 19.3. The number of imidazole rings is 1. The fourth-order valence-corrected chi connectivity index (χ4v) is 3.87. The molecule has 0 fully saturated rings. The summed E-state index contributed by atoms with van der Waals surface area (Å²) in [6.45, 7) is 7.78. The fraction of sp³-hybridized carbons (Fsp3) is 0.360. The molecular weight excluding hydrogens is 416 g/mol. The number of hydrogen-bond donors (Lipinski definition) is 2. The Hall–Kier alpha value is -3.52. The van der Waals surface area contributed by atoms with Gasteiger partial charge in [0.05, 0.1) is 18.8 Å². The van der Waals surface area contributed by atoms with Crippen molar-refractivity contribution < 1.29 is 0 Å². The molecular formula is C25H30N6O2. The minimum absolute atomic E-state index is 0.00866. The molecule has 33 heavy (non-hydrogen) atoms. The number of rotatable bonds is 9.